The molecule has 6 N–H and O–H groups in total. The molecule has 5 amide bonds. The molecule has 2 atom stereocenters. The van der Waals surface area contributed by atoms with Gasteiger partial charge in [-0.25, -0.2) is 14.6 Å². The first-order valence-corrected chi connectivity index (χ1v) is 14.6. The van der Waals surface area contributed by atoms with E-state index in [1.54, 1.807) is 51.1 Å². The second kappa shape index (κ2) is 16.0. The van der Waals surface area contributed by atoms with E-state index in [1.807, 2.05) is 30.3 Å². The van der Waals surface area contributed by atoms with Crippen LogP contribution in [-0.4, -0.2) is 64.0 Å². The second-order valence-electron chi connectivity index (χ2n) is 10.6. The summed E-state index contributed by atoms with van der Waals surface area (Å²) in [6.07, 6.45) is -0.797. The summed E-state index contributed by atoms with van der Waals surface area (Å²) in [5, 5.41) is 23.1. The second-order valence-corrected chi connectivity index (χ2v) is 11.5. The molecule has 0 radical (unpaired) electrons. The highest BCUT2D eigenvalue weighted by Crippen LogP contribution is 2.19. The number of amides is 5. The van der Waals surface area contributed by atoms with Crippen molar-refractivity contribution in [3.63, 3.8) is 0 Å². The third-order valence-corrected chi connectivity index (χ3v) is 6.51. The number of esters is 1. The van der Waals surface area contributed by atoms with Crippen molar-refractivity contribution in [3.8, 4) is 0 Å². The molecule has 15 heteroatoms. The van der Waals surface area contributed by atoms with Gasteiger partial charge in [-0.05, 0) is 31.9 Å². The lowest BCUT2D eigenvalue weighted by molar-refractivity contribution is -0.159. The summed E-state index contributed by atoms with van der Waals surface area (Å²) in [7, 11) is 0. The predicted molar refractivity (Wildman–Crippen MR) is 164 cm³/mol. The number of aromatic nitrogens is 1. The van der Waals surface area contributed by atoms with Crippen molar-refractivity contribution in [2.45, 2.75) is 51.4 Å². The maximum absolute atomic E-state index is 13.1. The summed E-state index contributed by atoms with van der Waals surface area (Å²) in [6.45, 7) is 4.64. The maximum Gasteiger partial charge on any atom is 0.333 e. The summed E-state index contributed by atoms with van der Waals surface area (Å²) in [5.74, 6) is -4.72. The van der Waals surface area contributed by atoms with E-state index in [-0.39, 0.29) is 17.4 Å². The van der Waals surface area contributed by atoms with Crippen LogP contribution in [0.5, 0.6) is 0 Å². The van der Waals surface area contributed by atoms with Crippen LogP contribution in [0.15, 0.2) is 66.0 Å². The Hall–Kier alpha value is -5.31. The molecular formula is C30H34N6O8S. The van der Waals surface area contributed by atoms with Crippen molar-refractivity contribution >= 4 is 52.2 Å². The quantitative estimate of drug-likeness (QED) is 0.152. The minimum absolute atomic E-state index is 0.0750. The number of urea groups is 1. The van der Waals surface area contributed by atoms with Crippen LogP contribution >= 0.6 is 11.3 Å². The Balaban J connectivity index is 1.56. The van der Waals surface area contributed by atoms with Crippen LogP contribution in [0.25, 0.3) is 0 Å². The summed E-state index contributed by atoms with van der Waals surface area (Å²) in [5.41, 5.74) is 0.338. The SMILES string of the molecule is CC(C)(C)OC(=O)[C@@H](NC(=O)[C@H](CC(=O)O)NC(=O)CNC(=O)c1csc(NC(=O)NCc2ccccc2)n1)c1ccccc1. The van der Waals surface area contributed by atoms with E-state index in [9.17, 15) is 33.9 Å². The Bertz CT molecular complexity index is 1510. The first-order chi connectivity index (χ1) is 21.3. The van der Waals surface area contributed by atoms with Gasteiger partial charge in [0.05, 0.1) is 13.0 Å². The van der Waals surface area contributed by atoms with E-state index in [2.05, 4.69) is 31.6 Å². The monoisotopic (exact) mass is 638 g/mol. The molecule has 45 heavy (non-hydrogen) atoms. The number of hydrogen-bond donors (Lipinski definition) is 6. The normalized spacial score (nSPS) is 12.2. The van der Waals surface area contributed by atoms with Gasteiger partial charge in [0.15, 0.2) is 11.2 Å². The zero-order chi connectivity index (χ0) is 33.0. The largest absolute Gasteiger partial charge is 0.481 e. The van der Waals surface area contributed by atoms with Crippen molar-refractivity contribution in [2.75, 3.05) is 11.9 Å². The van der Waals surface area contributed by atoms with Crippen LogP contribution < -0.4 is 26.6 Å². The molecule has 0 unspecified atom stereocenters. The first-order valence-electron chi connectivity index (χ1n) is 13.7. The number of anilines is 1. The van der Waals surface area contributed by atoms with Crippen LogP contribution in [0, 0.1) is 0 Å². The number of carbonyl (C=O) groups is 6. The smallest absolute Gasteiger partial charge is 0.333 e. The number of thiazole rings is 1. The van der Waals surface area contributed by atoms with Gasteiger partial charge in [0, 0.05) is 11.9 Å². The third-order valence-electron chi connectivity index (χ3n) is 5.76. The number of rotatable bonds is 13. The highest BCUT2D eigenvalue weighted by molar-refractivity contribution is 7.14. The Morgan fingerprint density at radius 3 is 2.18 bits per heavy atom. The van der Waals surface area contributed by atoms with Gasteiger partial charge in [0.1, 0.15) is 17.3 Å². The summed E-state index contributed by atoms with van der Waals surface area (Å²) in [4.78, 5) is 78.9. The van der Waals surface area contributed by atoms with E-state index >= 15 is 0 Å². The van der Waals surface area contributed by atoms with Gasteiger partial charge >= 0.3 is 18.0 Å². The lowest BCUT2D eigenvalue weighted by Crippen LogP contribution is -2.52. The topological polar surface area (TPSA) is 205 Å². The highest BCUT2D eigenvalue weighted by atomic mass is 32.1. The number of carboxylic acid groups (broad SMARTS) is 1. The Kier molecular flexibility index (Phi) is 12.1. The molecule has 2 aromatic carbocycles. The van der Waals surface area contributed by atoms with Crippen molar-refractivity contribution in [2.24, 2.45) is 0 Å². The molecule has 0 aliphatic rings. The minimum atomic E-state index is -1.58. The summed E-state index contributed by atoms with van der Waals surface area (Å²) in [6, 6.07) is 14.1. The van der Waals surface area contributed by atoms with Gasteiger partial charge in [0.2, 0.25) is 11.8 Å². The number of nitrogens with zero attached hydrogens (tertiary/aromatic N) is 1. The average Bonchev–Trinajstić information content (AvgIpc) is 3.45. The predicted octanol–water partition coefficient (Wildman–Crippen LogP) is 2.35. The molecule has 0 saturated carbocycles. The van der Waals surface area contributed by atoms with Gasteiger partial charge in [0.25, 0.3) is 5.91 Å². The van der Waals surface area contributed by atoms with E-state index in [0.717, 1.165) is 16.9 Å². The zero-order valence-electron chi connectivity index (χ0n) is 24.8. The number of aliphatic carboxylic acids is 1. The molecule has 0 saturated heterocycles. The number of nitrogens with one attached hydrogen (secondary N) is 5. The number of hydrogen-bond acceptors (Lipinski definition) is 9. The van der Waals surface area contributed by atoms with Gasteiger partial charge < -0.3 is 31.1 Å². The Morgan fingerprint density at radius 1 is 0.911 bits per heavy atom. The van der Waals surface area contributed by atoms with Crippen LogP contribution in [0.2, 0.25) is 0 Å². The van der Waals surface area contributed by atoms with Gasteiger partial charge in [-0.3, -0.25) is 24.5 Å². The van der Waals surface area contributed by atoms with Crippen LogP contribution in [0.4, 0.5) is 9.93 Å². The van der Waals surface area contributed by atoms with E-state index < -0.39 is 66.3 Å². The van der Waals surface area contributed by atoms with E-state index in [4.69, 9.17) is 4.74 Å². The lowest BCUT2D eigenvalue weighted by atomic mass is 10.1. The van der Waals surface area contributed by atoms with E-state index in [0.29, 0.717) is 5.56 Å². The molecule has 0 fully saturated rings. The molecule has 238 valence electrons. The minimum Gasteiger partial charge on any atom is -0.481 e. The number of ether oxygens (including phenoxy) is 1. The molecule has 0 bridgehead atoms. The third kappa shape index (κ3) is 11.7. The fourth-order valence-corrected chi connectivity index (χ4v) is 4.45. The van der Waals surface area contributed by atoms with E-state index in [1.165, 1.54) is 5.38 Å². The van der Waals surface area contributed by atoms with Crippen molar-refractivity contribution in [3.05, 3.63) is 82.9 Å². The first kappa shape index (κ1) is 34.2. The van der Waals surface area contributed by atoms with Gasteiger partial charge in [-0.15, -0.1) is 11.3 Å². The van der Waals surface area contributed by atoms with Gasteiger partial charge in [-0.1, -0.05) is 60.7 Å². The highest BCUT2D eigenvalue weighted by Gasteiger charge is 2.32. The van der Waals surface area contributed by atoms with Crippen LogP contribution in [-0.2, 0) is 30.5 Å². The van der Waals surface area contributed by atoms with Gasteiger partial charge in [-0.2, -0.15) is 0 Å². The fraction of sp³-hybridized carbons (Fsp3) is 0.300. The molecule has 1 aromatic heterocycles. The molecule has 1 heterocycles. The van der Waals surface area contributed by atoms with Crippen molar-refractivity contribution in [1.82, 2.24) is 26.3 Å². The number of carboxylic acids is 1. The van der Waals surface area contributed by atoms with Crippen LogP contribution in [0.3, 0.4) is 0 Å². The number of benzene rings is 2. The molecule has 3 aromatic rings. The molecule has 14 nitrogen and oxygen atoms in total. The van der Waals surface area contributed by atoms with Crippen molar-refractivity contribution in [1.29, 1.82) is 0 Å². The Labute approximate surface area is 263 Å². The lowest BCUT2D eigenvalue weighted by Gasteiger charge is -2.26. The molecule has 0 spiro atoms. The molecule has 3 rings (SSSR count). The maximum atomic E-state index is 13.1. The molecular weight excluding hydrogens is 604 g/mol. The molecule has 0 aliphatic heterocycles. The standard InChI is InChI=1S/C30H34N6O8S/c1-30(2,3)44-27(42)24(19-12-8-5-9-13-19)35-26(41)20(14-23(38)39)33-22(37)16-31-25(40)21-17-45-29(34-21)36-28(43)32-15-18-10-6-4-7-11-18/h4-13,17,20,24H,14-16H2,1-3H3,(H,31,40)(H,33,37)(H,35,41)(H,38,39)(H2,32,34,36,43)/t20-,24-/m0/s1. The zero-order valence-corrected chi connectivity index (χ0v) is 25.6. The fourth-order valence-electron chi connectivity index (χ4n) is 3.76. The molecule has 0 aliphatic carbocycles. The van der Waals surface area contributed by atoms with Crippen molar-refractivity contribution < 1.29 is 38.6 Å². The Morgan fingerprint density at radius 2 is 1.56 bits per heavy atom. The van der Waals surface area contributed by atoms with Crippen LogP contribution in [0.1, 0.15) is 54.8 Å². The number of carbonyl (C=O) groups excluding carboxylic acids is 5. The average molecular weight is 639 g/mol. The summed E-state index contributed by atoms with van der Waals surface area (Å²) >= 11 is 0.992. The summed E-state index contributed by atoms with van der Waals surface area (Å²) < 4.78 is 5.42.